The molecule has 8 heteroatoms. The number of hydrogen-bond donors (Lipinski definition) is 2. The average Bonchev–Trinajstić information content (AvgIpc) is 3.42. The fraction of sp³-hybridized carbons (Fsp3) is 0.217. The summed E-state index contributed by atoms with van der Waals surface area (Å²) >= 11 is 0. The van der Waals surface area contributed by atoms with Crippen LogP contribution in [0.25, 0.3) is 0 Å². The third-order valence-corrected chi connectivity index (χ3v) is 6.25. The van der Waals surface area contributed by atoms with Crippen LogP contribution in [0.4, 0.5) is 5.69 Å². The van der Waals surface area contributed by atoms with Crippen LogP contribution in [0, 0.1) is 23.7 Å². The zero-order chi connectivity index (χ0) is 21.9. The number of aromatic carboxylic acids is 2. The molecule has 2 bridgehead atoms. The van der Waals surface area contributed by atoms with Gasteiger partial charge in [-0.3, -0.25) is 14.5 Å². The van der Waals surface area contributed by atoms with Gasteiger partial charge in [0.1, 0.15) is 11.5 Å². The number of benzene rings is 2. The zero-order valence-corrected chi connectivity index (χ0v) is 16.1. The van der Waals surface area contributed by atoms with Crippen LogP contribution in [-0.2, 0) is 9.59 Å². The number of imide groups is 1. The number of fused-ring (bicyclic) bond motifs is 5. The number of carbonyl (C=O) groups excluding carboxylic acids is 2. The van der Waals surface area contributed by atoms with Crippen molar-refractivity contribution < 1.29 is 34.1 Å². The van der Waals surface area contributed by atoms with E-state index in [0.717, 1.165) is 18.6 Å². The van der Waals surface area contributed by atoms with E-state index in [4.69, 9.17) is 9.84 Å². The van der Waals surface area contributed by atoms with Crippen molar-refractivity contribution in [3.8, 4) is 11.5 Å². The minimum absolute atomic E-state index is 0.135. The molecule has 2 N–H and O–H groups in total. The standard InChI is InChI=1S/C23H17NO7/c25-20-18-11-1-2-12(9-11)19(18)21(26)24(20)13-3-5-14(6-4-13)31-15-7-8-16(22(27)28)17(10-15)23(29)30/h1-8,10-12,18-19H,9H2,(H,27,28)(H,29,30)/t11-,12-,18-,19-/m0/s1. The van der Waals surface area contributed by atoms with Crippen molar-refractivity contribution in [2.45, 2.75) is 6.42 Å². The van der Waals surface area contributed by atoms with Crippen LogP contribution in [0.3, 0.4) is 0 Å². The fourth-order valence-electron chi connectivity index (χ4n) is 4.91. The molecule has 3 aliphatic rings. The predicted octanol–water partition coefficient (Wildman–Crippen LogP) is 3.19. The average molecular weight is 419 g/mol. The molecule has 0 unspecified atom stereocenters. The summed E-state index contributed by atoms with van der Waals surface area (Å²) in [4.78, 5) is 49.5. The highest BCUT2D eigenvalue weighted by molar-refractivity contribution is 6.22. The summed E-state index contributed by atoms with van der Waals surface area (Å²) < 4.78 is 5.64. The SMILES string of the molecule is O=C(O)c1ccc(Oc2ccc(N3C(=O)[C@@H]4[C@@H](C3=O)[C@H]3C=C[C@H]4C3)cc2)cc1C(=O)O. The Morgan fingerprint density at radius 3 is 1.90 bits per heavy atom. The van der Waals surface area contributed by atoms with Gasteiger partial charge in [0.15, 0.2) is 0 Å². The first-order valence-corrected chi connectivity index (χ1v) is 9.80. The second kappa shape index (κ2) is 6.80. The van der Waals surface area contributed by atoms with Gasteiger partial charge in [0, 0.05) is 0 Å². The van der Waals surface area contributed by atoms with Crippen LogP contribution in [0.2, 0.25) is 0 Å². The highest BCUT2D eigenvalue weighted by Gasteiger charge is 2.59. The van der Waals surface area contributed by atoms with Crippen molar-refractivity contribution >= 4 is 29.4 Å². The van der Waals surface area contributed by atoms with Crippen molar-refractivity contribution in [3.05, 3.63) is 65.7 Å². The lowest BCUT2D eigenvalue weighted by atomic mass is 9.85. The molecule has 2 aromatic carbocycles. The van der Waals surface area contributed by atoms with Gasteiger partial charge in [-0.15, -0.1) is 0 Å². The van der Waals surface area contributed by atoms with Crippen LogP contribution >= 0.6 is 0 Å². The number of carboxylic acids is 2. The van der Waals surface area contributed by atoms with E-state index in [9.17, 15) is 24.3 Å². The summed E-state index contributed by atoms with van der Waals surface area (Å²) in [5, 5.41) is 18.3. The molecule has 31 heavy (non-hydrogen) atoms. The molecule has 0 aromatic heterocycles. The summed E-state index contributed by atoms with van der Waals surface area (Å²) in [5.74, 6) is -2.84. The van der Waals surface area contributed by atoms with Gasteiger partial charge in [-0.2, -0.15) is 0 Å². The van der Waals surface area contributed by atoms with E-state index in [1.165, 1.54) is 11.0 Å². The summed E-state index contributed by atoms with van der Waals surface area (Å²) in [6.07, 6.45) is 4.95. The molecule has 1 saturated carbocycles. The summed E-state index contributed by atoms with van der Waals surface area (Å²) in [6.45, 7) is 0. The Kier molecular flexibility index (Phi) is 4.18. The molecule has 4 atom stereocenters. The predicted molar refractivity (Wildman–Crippen MR) is 107 cm³/mol. The van der Waals surface area contributed by atoms with E-state index in [1.54, 1.807) is 24.3 Å². The molecule has 1 aliphatic heterocycles. The Morgan fingerprint density at radius 2 is 1.35 bits per heavy atom. The first-order chi connectivity index (χ1) is 14.8. The number of allylic oxidation sites excluding steroid dienone is 2. The Hall–Kier alpha value is -3.94. The van der Waals surface area contributed by atoms with E-state index in [-0.39, 0.29) is 52.4 Å². The Bertz CT molecular complexity index is 1140. The molecule has 2 aliphatic carbocycles. The van der Waals surface area contributed by atoms with Crippen molar-refractivity contribution in [1.29, 1.82) is 0 Å². The van der Waals surface area contributed by atoms with Gasteiger partial charge < -0.3 is 14.9 Å². The number of anilines is 1. The van der Waals surface area contributed by atoms with Gasteiger partial charge in [0.2, 0.25) is 11.8 Å². The van der Waals surface area contributed by atoms with Gasteiger partial charge in [0.25, 0.3) is 0 Å². The molecule has 156 valence electrons. The number of nitrogens with zero attached hydrogens (tertiary/aromatic N) is 1. The molecular formula is C23H17NO7. The molecule has 8 nitrogen and oxygen atoms in total. The second-order valence-electron chi connectivity index (χ2n) is 7.93. The van der Waals surface area contributed by atoms with Gasteiger partial charge in [-0.25, -0.2) is 9.59 Å². The molecule has 0 radical (unpaired) electrons. The Morgan fingerprint density at radius 1 is 0.806 bits per heavy atom. The first kappa shape index (κ1) is 19.0. The van der Waals surface area contributed by atoms with E-state index in [0.29, 0.717) is 11.4 Å². The summed E-state index contributed by atoms with van der Waals surface area (Å²) in [5.41, 5.74) is -0.261. The van der Waals surface area contributed by atoms with Crippen LogP contribution in [0.1, 0.15) is 27.1 Å². The van der Waals surface area contributed by atoms with E-state index in [1.807, 2.05) is 12.2 Å². The zero-order valence-electron chi connectivity index (χ0n) is 16.1. The smallest absolute Gasteiger partial charge is 0.336 e. The number of hydrogen-bond acceptors (Lipinski definition) is 5. The molecule has 1 heterocycles. The lowest BCUT2D eigenvalue weighted by Gasteiger charge is -2.17. The molecule has 5 rings (SSSR count). The number of carbonyl (C=O) groups is 4. The Labute approximate surface area is 176 Å². The van der Waals surface area contributed by atoms with Crippen molar-refractivity contribution in [2.24, 2.45) is 23.7 Å². The van der Waals surface area contributed by atoms with Crippen molar-refractivity contribution in [1.82, 2.24) is 0 Å². The normalized spacial score (nSPS) is 25.7. The highest BCUT2D eigenvalue weighted by atomic mass is 16.5. The number of carboxylic acid groups (broad SMARTS) is 2. The summed E-state index contributed by atoms with van der Waals surface area (Å²) in [7, 11) is 0. The maximum absolute atomic E-state index is 12.9. The monoisotopic (exact) mass is 419 g/mol. The van der Waals surface area contributed by atoms with Crippen molar-refractivity contribution in [3.63, 3.8) is 0 Å². The molecule has 1 saturated heterocycles. The Balaban J connectivity index is 1.36. The number of rotatable bonds is 5. The quantitative estimate of drug-likeness (QED) is 0.564. The van der Waals surface area contributed by atoms with Gasteiger partial charge in [0.05, 0.1) is 28.7 Å². The first-order valence-electron chi connectivity index (χ1n) is 9.80. The molecule has 2 aromatic rings. The largest absolute Gasteiger partial charge is 0.478 e. The number of ether oxygens (including phenoxy) is 1. The van der Waals surface area contributed by atoms with Gasteiger partial charge >= 0.3 is 11.9 Å². The van der Waals surface area contributed by atoms with Gasteiger partial charge in [-0.05, 0) is 60.7 Å². The number of amides is 2. The van der Waals surface area contributed by atoms with E-state index in [2.05, 4.69) is 0 Å². The highest BCUT2D eigenvalue weighted by Crippen LogP contribution is 2.53. The minimum Gasteiger partial charge on any atom is -0.478 e. The van der Waals surface area contributed by atoms with Gasteiger partial charge in [-0.1, -0.05) is 12.2 Å². The maximum atomic E-state index is 12.9. The molecule has 0 spiro atoms. The second-order valence-corrected chi connectivity index (χ2v) is 7.93. The third kappa shape index (κ3) is 2.91. The van der Waals surface area contributed by atoms with Crippen LogP contribution in [-0.4, -0.2) is 34.0 Å². The summed E-state index contributed by atoms with van der Waals surface area (Å²) in [6, 6.07) is 10.0. The van der Waals surface area contributed by atoms with Crippen LogP contribution < -0.4 is 9.64 Å². The molecule has 2 fully saturated rings. The molecule has 2 amide bonds. The molecular weight excluding hydrogens is 402 g/mol. The van der Waals surface area contributed by atoms with Crippen LogP contribution in [0.15, 0.2) is 54.6 Å². The fourth-order valence-corrected chi connectivity index (χ4v) is 4.91. The van der Waals surface area contributed by atoms with Crippen molar-refractivity contribution in [2.75, 3.05) is 4.90 Å². The lowest BCUT2D eigenvalue weighted by Crippen LogP contribution is -2.32. The van der Waals surface area contributed by atoms with Crippen LogP contribution in [0.5, 0.6) is 11.5 Å². The van der Waals surface area contributed by atoms with E-state index < -0.39 is 11.9 Å². The minimum atomic E-state index is -1.38. The topological polar surface area (TPSA) is 121 Å². The lowest BCUT2D eigenvalue weighted by molar-refractivity contribution is -0.123. The third-order valence-electron chi connectivity index (χ3n) is 6.25. The maximum Gasteiger partial charge on any atom is 0.336 e. The van der Waals surface area contributed by atoms with E-state index >= 15 is 0 Å².